The Bertz CT molecular complexity index is 924. The summed E-state index contributed by atoms with van der Waals surface area (Å²) in [6, 6.07) is 3.56. The molecule has 1 aliphatic carbocycles. The van der Waals surface area contributed by atoms with Crippen LogP contribution in [0.3, 0.4) is 0 Å². The van der Waals surface area contributed by atoms with Crippen LogP contribution in [0, 0.1) is 11.6 Å². The molecule has 4 rings (SSSR count). The van der Waals surface area contributed by atoms with Crippen LogP contribution in [0.5, 0.6) is 0 Å². The van der Waals surface area contributed by atoms with Gasteiger partial charge in [0, 0.05) is 15.8 Å². The van der Waals surface area contributed by atoms with Crippen molar-refractivity contribution in [2.75, 3.05) is 5.73 Å². The molecule has 2 heterocycles. The molecule has 3 aromatic rings. The Morgan fingerprint density at radius 1 is 1.17 bits per heavy atom. The molecule has 7 heteroatoms. The minimum Gasteiger partial charge on any atom is -0.383 e. The molecule has 3 nitrogen and oxygen atoms in total. The molecule has 0 amide bonds. The molecule has 1 aromatic carbocycles. The highest BCUT2D eigenvalue weighted by atomic mass is 32.2. The predicted octanol–water partition coefficient (Wildman–Crippen LogP) is 4.72. The number of aromatic nitrogens is 2. The number of aryl methyl sites for hydroxylation is 2. The van der Waals surface area contributed by atoms with Gasteiger partial charge < -0.3 is 5.73 Å². The van der Waals surface area contributed by atoms with Crippen molar-refractivity contribution in [3.8, 4) is 0 Å². The molecule has 0 atom stereocenters. The van der Waals surface area contributed by atoms with Gasteiger partial charge in [0.25, 0.3) is 0 Å². The van der Waals surface area contributed by atoms with Gasteiger partial charge in [-0.1, -0.05) is 0 Å². The fourth-order valence-electron chi connectivity index (χ4n) is 3.03. The fourth-order valence-corrected chi connectivity index (χ4v) is 5.09. The minimum absolute atomic E-state index is 0.379. The van der Waals surface area contributed by atoms with E-state index in [0.29, 0.717) is 22.3 Å². The molecule has 0 saturated heterocycles. The van der Waals surface area contributed by atoms with Crippen molar-refractivity contribution in [2.45, 2.75) is 36.3 Å². The van der Waals surface area contributed by atoms with Crippen LogP contribution in [-0.2, 0) is 18.6 Å². The molecular weight excluding hydrogens is 348 g/mol. The Morgan fingerprint density at radius 3 is 2.83 bits per heavy atom. The van der Waals surface area contributed by atoms with E-state index in [4.69, 9.17) is 5.73 Å². The Labute approximate surface area is 146 Å². The molecule has 0 fully saturated rings. The zero-order valence-electron chi connectivity index (χ0n) is 12.8. The van der Waals surface area contributed by atoms with Crippen molar-refractivity contribution in [1.82, 2.24) is 9.97 Å². The number of anilines is 1. The summed E-state index contributed by atoms with van der Waals surface area (Å²) in [5, 5.41) is 0.997. The second kappa shape index (κ2) is 6.29. The van der Waals surface area contributed by atoms with Crippen LogP contribution in [0.25, 0.3) is 10.2 Å². The first-order valence-corrected chi connectivity index (χ1v) is 9.56. The third kappa shape index (κ3) is 2.86. The summed E-state index contributed by atoms with van der Waals surface area (Å²) >= 11 is 2.93. The van der Waals surface area contributed by atoms with E-state index in [-0.39, 0.29) is 0 Å². The van der Waals surface area contributed by atoms with Gasteiger partial charge in [-0.15, -0.1) is 23.1 Å². The zero-order valence-corrected chi connectivity index (χ0v) is 14.4. The number of nitrogens with zero attached hydrogens (tertiary/aromatic N) is 2. The lowest BCUT2D eigenvalue weighted by Crippen LogP contribution is -2.02. The summed E-state index contributed by atoms with van der Waals surface area (Å²) in [6.45, 7) is 0. The molecule has 0 unspecified atom stereocenters. The maximum absolute atomic E-state index is 13.7. The van der Waals surface area contributed by atoms with E-state index in [1.807, 2.05) is 0 Å². The molecule has 0 aliphatic heterocycles. The Kier molecular flexibility index (Phi) is 4.14. The summed E-state index contributed by atoms with van der Waals surface area (Å²) in [6.07, 6.45) is 4.51. The highest BCUT2D eigenvalue weighted by Gasteiger charge is 2.20. The maximum atomic E-state index is 13.7. The number of nitrogens with two attached hydrogens (primary N) is 1. The minimum atomic E-state index is -0.581. The van der Waals surface area contributed by atoms with Gasteiger partial charge in [0.05, 0.1) is 11.1 Å². The van der Waals surface area contributed by atoms with Crippen LogP contribution in [0.4, 0.5) is 14.6 Å². The van der Waals surface area contributed by atoms with E-state index in [0.717, 1.165) is 29.1 Å². The van der Waals surface area contributed by atoms with E-state index >= 15 is 0 Å². The van der Waals surface area contributed by atoms with Crippen LogP contribution in [0.1, 0.15) is 29.1 Å². The highest BCUT2D eigenvalue weighted by Crippen LogP contribution is 2.38. The lowest BCUT2D eigenvalue weighted by atomic mass is 9.97. The van der Waals surface area contributed by atoms with Gasteiger partial charge in [0.1, 0.15) is 28.1 Å². The number of benzene rings is 1. The smallest absolute Gasteiger partial charge is 0.142 e. The summed E-state index contributed by atoms with van der Waals surface area (Å²) < 4.78 is 26.7. The summed E-state index contributed by atoms with van der Waals surface area (Å²) in [5.41, 5.74) is 7.47. The summed E-state index contributed by atoms with van der Waals surface area (Å²) in [4.78, 5) is 11.7. The lowest BCUT2D eigenvalue weighted by molar-refractivity contribution is 0.565. The third-order valence-corrected chi connectivity index (χ3v) is 6.37. The van der Waals surface area contributed by atoms with Crippen molar-refractivity contribution >= 4 is 39.1 Å². The Hall–Kier alpha value is -1.73. The van der Waals surface area contributed by atoms with Crippen LogP contribution >= 0.6 is 23.1 Å². The maximum Gasteiger partial charge on any atom is 0.142 e. The Balaban J connectivity index is 1.63. The molecule has 0 radical (unpaired) electrons. The third-order valence-electron chi connectivity index (χ3n) is 4.14. The van der Waals surface area contributed by atoms with Crippen LogP contribution in [0.2, 0.25) is 0 Å². The van der Waals surface area contributed by atoms with Crippen LogP contribution in [0.15, 0.2) is 23.1 Å². The molecule has 0 bridgehead atoms. The van der Waals surface area contributed by atoms with E-state index < -0.39 is 11.6 Å². The molecule has 124 valence electrons. The van der Waals surface area contributed by atoms with E-state index in [9.17, 15) is 8.78 Å². The number of hydrogen-bond acceptors (Lipinski definition) is 5. The standard InChI is InChI=1S/C17H15F2N3S2/c18-9-5-6-13(11(19)7-9)23-8-14-21-16(20)15-10-3-1-2-4-12(10)24-17(15)22-14/h5-7H,1-4,8H2,(H2,20,21,22). The topological polar surface area (TPSA) is 51.8 Å². The van der Waals surface area contributed by atoms with Gasteiger partial charge in [-0.25, -0.2) is 18.7 Å². The largest absolute Gasteiger partial charge is 0.383 e. The molecule has 1 aliphatic rings. The molecular formula is C17H15F2N3S2. The predicted molar refractivity (Wildman–Crippen MR) is 94.4 cm³/mol. The van der Waals surface area contributed by atoms with Crippen molar-refractivity contribution in [3.63, 3.8) is 0 Å². The average Bonchev–Trinajstić information content (AvgIpc) is 2.92. The zero-order chi connectivity index (χ0) is 16.7. The second-order valence-electron chi connectivity index (χ2n) is 5.78. The number of nitrogen functional groups attached to an aromatic ring is 1. The normalized spacial score (nSPS) is 14.1. The molecule has 2 N–H and O–H groups in total. The van der Waals surface area contributed by atoms with Crippen molar-refractivity contribution < 1.29 is 8.78 Å². The molecule has 2 aromatic heterocycles. The van der Waals surface area contributed by atoms with Crippen molar-refractivity contribution in [3.05, 3.63) is 46.1 Å². The summed E-state index contributed by atoms with van der Waals surface area (Å²) in [7, 11) is 0. The molecule has 0 saturated carbocycles. The lowest BCUT2D eigenvalue weighted by Gasteiger charge is -2.10. The number of thioether (sulfide) groups is 1. The van der Waals surface area contributed by atoms with Gasteiger partial charge in [0.2, 0.25) is 0 Å². The van der Waals surface area contributed by atoms with E-state index in [1.54, 1.807) is 11.3 Å². The first kappa shape index (κ1) is 15.8. The van der Waals surface area contributed by atoms with Gasteiger partial charge in [-0.05, 0) is 43.4 Å². The van der Waals surface area contributed by atoms with E-state index in [1.165, 1.54) is 47.2 Å². The fraction of sp³-hybridized carbons (Fsp3) is 0.294. The van der Waals surface area contributed by atoms with Gasteiger partial charge >= 0.3 is 0 Å². The number of rotatable bonds is 3. The van der Waals surface area contributed by atoms with Crippen molar-refractivity contribution in [1.29, 1.82) is 0 Å². The highest BCUT2D eigenvalue weighted by molar-refractivity contribution is 7.98. The van der Waals surface area contributed by atoms with Crippen molar-refractivity contribution in [2.24, 2.45) is 0 Å². The Morgan fingerprint density at radius 2 is 2.00 bits per heavy atom. The number of halogens is 2. The molecule has 24 heavy (non-hydrogen) atoms. The first-order chi connectivity index (χ1) is 11.6. The van der Waals surface area contributed by atoms with Gasteiger partial charge in [-0.3, -0.25) is 0 Å². The average molecular weight is 363 g/mol. The number of fused-ring (bicyclic) bond motifs is 3. The van der Waals surface area contributed by atoms with Crippen LogP contribution in [-0.4, -0.2) is 9.97 Å². The second-order valence-corrected chi connectivity index (χ2v) is 7.88. The number of hydrogen-bond donors (Lipinski definition) is 1. The van der Waals surface area contributed by atoms with Gasteiger partial charge in [0.15, 0.2) is 0 Å². The van der Waals surface area contributed by atoms with Crippen LogP contribution < -0.4 is 5.73 Å². The monoisotopic (exact) mass is 363 g/mol. The van der Waals surface area contributed by atoms with Gasteiger partial charge in [-0.2, -0.15) is 0 Å². The SMILES string of the molecule is Nc1nc(CSc2ccc(F)cc2F)nc2sc3c(c12)CCCC3. The summed E-state index contributed by atoms with van der Waals surface area (Å²) in [5.74, 6) is 0.330. The molecule has 0 spiro atoms. The first-order valence-electron chi connectivity index (χ1n) is 7.76. The quantitative estimate of drug-likeness (QED) is 0.684. The number of thiophene rings is 1. The van der Waals surface area contributed by atoms with E-state index in [2.05, 4.69) is 9.97 Å².